The molecule has 18 heavy (non-hydrogen) atoms. The zero-order valence-corrected chi connectivity index (χ0v) is 12.5. The minimum absolute atomic E-state index is 0.398. The van der Waals surface area contributed by atoms with Gasteiger partial charge in [-0.05, 0) is 63.5 Å². The molecule has 3 rings (SSSR count). The fourth-order valence-electron chi connectivity index (χ4n) is 4.46. The summed E-state index contributed by atoms with van der Waals surface area (Å²) in [5.74, 6) is 0.947. The van der Waals surface area contributed by atoms with Gasteiger partial charge in [0.15, 0.2) is 0 Å². The van der Waals surface area contributed by atoms with Crippen molar-refractivity contribution in [2.45, 2.75) is 70.9 Å². The summed E-state index contributed by atoms with van der Waals surface area (Å²) in [5, 5.41) is 3.86. The summed E-state index contributed by atoms with van der Waals surface area (Å²) in [7, 11) is 0. The smallest absolute Gasteiger partial charge is 0.0308 e. The van der Waals surface area contributed by atoms with Gasteiger partial charge in [0.2, 0.25) is 0 Å². The average molecular weight is 250 g/mol. The largest absolute Gasteiger partial charge is 0.310 e. The Morgan fingerprint density at radius 2 is 1.83 bits per heavy atom. The molecule has 1 N–H and O–H groups in total. The van der Waals surface area contributed by atoms with E-state index >= 15 is 0 Å². The van der Waals surface area contributed by atoms with Gasteiger partial charge in [-0.2, -0.15) is 0 Å². The second-order valence-electron chi connectivity index (χ2n) is 7.84. The second-order valence-corrected chi connectivity index (χ2v) is 7.84. The molecule has 2 heteroatoms. The first-order chi connectivity index (χ1) is 8.51. The van der Waals surface area contributed by atoms with E-state index in [0.717, 1.165) is 12.0 Å². The molecule has 0 aromatic carbocycles. The van der Waals surface area contributed by atoms with Crippen molar-refractivity contribution in [1.29, 1.82) is 0 Å². The molecule has 0 radical (unpaired) electrons. The van der Waals surface area contributed by atoms with Crippen LogP contribution in [0.15, 0.2) is 0 Å². The number of hydrogen-bond acceptors (Lipinski definition) is 2. The van der Waals surface area contributed by atoms with Gasteiger partial charge in [-0.15, -0.1) is 0 Å². The van der Waals surface area contributed by atoms with Crippen molar-refractivity contribution in [1.82, 2.24) is 10.2 Å². The van der Waals surface area contributed by atoms with Gasteiger partial charge in [0.25, 0.3) is 0 Å². The minimum atomic E-state index is 0.398. The van der Waals surface area contributed by atoms with Gasteiger partial charge in [0, 0.05) is 18.1 Å². The van der Waals surface area contributed by atoms with E-state index in [1.165, 1.54) is 58.2 Å². The molecule has 0 aromatic rings. The van der Waals surface area contributed by atoms with Gasteiger partial charge in [-0.25, -0.2) is 0 Å². The van der Waals surface area contributed by atoms with Crippen LogP contribution in [0.5, 0.6) is 0 Å². The monoisotopic (exact) mass is 250 g/mol. The summed E-state index contributed by atoms with van der Waals surface area (Å²) >= 11 is 0. The number of nitrogens with one attached hydrogen (secondary N) is 1. The van der Waals surface area contributed by atoms with Crippen LogP contribution >= 0.6 is 0 Å². The summed E-state index contributed by atoms with van der Waals surface area (Å²) < 4.78 is 0. The first-order valence-electron chi connectivity index (χ1n) is 8.00. The Balaban J connectivity index is 1.74. The molecule has 1 aliphatic heterocycles. The molecule has 0 amide bonds. The third-order valence-electron chi connectivity index (χ3n) is 5.80. The highest BCUT2D eigenvalue weighted by Crippen LogP contribution is 2.44. The Bertz CT molecular complexity index is 308. The van der Waals surface area contributed by atoms with Crippen molar-refractivity contribution in [3.05, 3.63) is 0 Å². The van der Waals surface area contributed by atoms with Crippen LogP contribution in [-0.2, 0) is 0 Å². The van der Waals surface area contributed by atoms with E-state index in [-0.39, 0.29) is 0 Å². The lowest BCUT2D eigenvalue weighted by Gasteiger charge is -2.41. The van der Waals surface area contributed by atoms with Crippen molar-refractivity contribution < 1.29 is 0 Å². The van der Waals surface area contributed by atoms with Crippen LogP contribution in [0.4, 0.5) is 0 Å². The lowest BCUT2D eigenvalue weighted by Crippen LogP contribution is -2.54. The molecule has 2 unspecified atom stereocenters. The molecule has 0 aromatic heterocycles. The Kier molecular flexibility index (Phi) is 3.22. The Labute approximate surface area is 113 Å². The van der Waals surface area contributed by atoms with Crippen LogP contribution < -0.4 is 5.32 Å². The molecule has 2 aliphatic carbocycles. The Hall–Kier alpha value is -0.0800. The quantitative estimate of drug-likeness (QED) is 0.810. The Morgan fingerprint density at radius 1 is 1.06 bits per heavy atom. The Morgan fingerprint density at radius 3 is 2.44 bits per heavy atom. The molecular weight excluding hydrogens is 220 g/mol. The zero-order valence-electron chi connectivity index (χ0n) is 12.5. The normalized spacial score (nSPS) is 41.8. The SMILES string of the molecule is CC1(C)CCCC1N1CCCNC(C)(C2CC2)C1. The molecular formula is C16H30N2. The fraction of sp³-hybridized carbons (Fsp3) is 1.00. The van der Waals surface area contributed by atoms with E-state index in [1.807, 2.05) is 0 Å². The first kappa shape index (κ1) is 12.9. The summed E-state index contributed by atoms with van der Waals surface area (Å²) in [6, 6.07) is 0.829. The van der Waals surface area contributed by atoms with Crippen LogP contribution in [-0.4, -0.2) is 36.1 Å². The van der Waals surface area contributed by atoms with Gasteiger partial charge in [-0.1, -0.05) is 20.3 Å². The first-order valence-corrected chi connectivity index (χ1v) is 8.00. The maximum atomic E-state index is 3.86. The third kappa shape index (κ3) is 2.34. The van der Waals surface area contributed by atoms with E-state index in [0.29, 0.717) is 11.0 Å². The average Bonchev–Trinajstić information content (AvgIpc) is 3.08. The van der Waals surface area contributed by atoms with Crippen molar-refractivity contribution in [2.24, 2.45) is 11.3 Å². The van der Waals surface area contributed by atoms with Gasteiger partial charge in [-0.3, -0.25) is 4.90 Å². The topological polar surface area (TPSA) is 15.3 Å². The molecule has 2 atom stereocenters. The van der Waals surface area contributed by atoms with Crippen LogP contribution in [0, 0.1) is 11.3 Å². The third-order valence-corrected chi connectivity index (χ3v) is 5.80. The predicted molar refractivity (Wildman–Crippen MR) is 76.7 cm³/mol. The van der Waals surface area contributed by atoms with E-state index in [2.05, 4.69) is 31.0 Å². The summed E-state index contributed by atoms with van der Waals surface area (Å²) in [6.07, 6.45) is 8.50. The molecule has 3 fully saturated rings. The molecule has 2 nitrogen and oxygen atoms in total. The lowest BCUT2D eigenvalue weighted by molar-refractivity contribution is 0.0890. The standard InChI is InChI=1S/C16H30N2/c1-15(2)9-4-6-14(15)18-11-5-10-17-16(3,12-18)13-7-8-13/h13-14,17H,4-12H2,1-3H3. The number of hydrogen-bond donors (Lipinski definition) is 1. The van der Waals surface area contributed by atoms with Gasteiger partial charge in [0.1, 0.15) is 0 Å². The van der Waals surface area contributed by atoms with Crippen LogP contribution in [0.1, 0.15) is 59.3 Å². The van der Waals surface area contributed by atoms with E-state index in [9.17, 15) is 0 Å². The fourth-order valence-corrected chi connectivity index (χ4v) is 4.46. The highest BCUT2D eigenvalue weighted by atomic mass is 15.2. The molecule has 3 aliphatic rings. The van der Waals surface area contributed by atoms with Crippen LogP contribution in [0.25, 0.3) is 0 Å². The van der Waals surface area contributed by atoms with Crippen molar-refractivity contribution in [3.8, 4) is 0 Å². The van der Waals surface area contributed by atoms with Crippen LogP contribution in [0.3, 0.4) is 0 Å². The van der Waals surface area contributed by atoms with Crippen molar-refractivity contribution >= 4 is 0 Å². The molecule has 0 spiro atoms. The molecule has 1 heterocycles. The van der Waals surface area contributed by atoms with E-state index in [1.54, 1.807) is 0 Å². The molecule has 104 valence electrons. The van der Waals surface area contributed by atoms with Crippen molar-refractivity contribution in [2.75, 3.05) is 19.6 Å². The molecule has 1 saturated heterocycles. The maximum absolute atomic E-state index is 3.86. The summed E-state index contributed by atoms with van der Waals surface area (Å²) in [6.45, 7) is 11.3. The minimum Gasteiger partial charge on any atom is -0.310 e. The maximum Gasteiger partial charge on any atom is 0.0308 e. The van der Waals surface area contributed by atoms with E-state index in [4.69, 9.17) is 0 Å². The number of nitrogens with zero attached hydrogens (tertiary/aromatic N) is 1. The molecule has 0 bridgehead atoms. The highest BCUT2D eigenvalue weighted by molar-refractivity contribution is 5.03. The van der Waals surface area contributed by atoms with E-state index < -0.39 is 0 Å². The molecule has 2 saturated carbocycles. The zero-order chi connectivity index (χ0) is 12.8. The summed E-state index contributed by atoms with van der Waals surface area (Å²) in [4.78, 5) is 2.84. The lowest BCUT2D eigenvalue weighted by atomic mass is 9.85. The highest BCUT2D eigenvalue weighted by Gasteiger charge is 2.46. The van der Waals surface area contributed by atoms with Gasteiger partial charge < -0.3 is 5.32 Å². The summed E-state index contributed by atoms with van der Waals surface area (Å²) in [5.41, 5.74) is 0.934. The van der Waals surface area contributed by atoms with Gasteiger partial charge >= 0.3 is 0 Å². The van der Waals surface area contributed by atoms with Gasteiger partial charge in [0.05, 0.1) is 0 Å². The second kappa shape index (κ2) is 4.49. The van der Waals surface area contributed by atoms with Crippen molar-refractivity contribution in [3.63, 3.8) is 0 Å². The number of rotatable bonds is 2. The van der Waals surface area contributed by atoms with Crippen LogP contribution in [0.2, 0.25) is 0 Å². The predicted octanol–water partition coefficient (Wildman–Crippen LogP) is 3.03.